The van der Waals surface area contributed by atoms with Gasteiger partial charge in [-0.3, -0.25) is 0 Å². The van der Waals surface area contributed by atoms with E-state index in [1.54, 1.807) is 0 Å². The van der Waals surface area contributed by atoms with Crippen molar-refractivity contribution in [2.75, 3.05) is 0 Å². The summed E-state index contributed by atoms with van der Waals surface area (Å²) in [5.41, 5.74) is 0. The van der Waals surface area contributed by atoms with Crippen LogP contribution in [0.15, 0.2) is 0 Å². The van der Waals surface area contributed by atoms with Crippen molar-refractivity contribution in [3.05, 3.63) is 0 Å². The molecule has 0 aliphatic heterocycles. The van der Waals surface area contributed by atoms with Gasteiger partial charge in [-0.05, 0) is 0 Å². The summed E-state index contributed by atoms with van der Waals surface area (Å²) in [7, 11) is 0. The number of hydrogen-bond donors (Lipinski definition) is 0. The molecule has 0 heterocycles. The summed E-state index contributed by atoms with van der Waals surface area (Å²) in [5.74, 6) is 0. The van der Waals surface area contributed by atoms with E-state index in [-0.39, 0.29) is 62.0 Å². The van der Waals surface area contributed by atoms with Gasteiger partial charge < -0.3 is 24.8 Å². The number of hydrogen-bond acceptors (Lipinski definition) is 0. The molecule has 0 N–H and O–H groups in total. The Labute approximate surface area is 61.7 Å². The maximum atomic E-state index is 0. The molecular formula is AlCl2Ga. The molecule has 0 unspecified atom stereocenters. The van der Waals surface area contributed by atoms with E-state index in [0.717, 1.165) is 0 Å². The smallest absolute Gasteiger partial charge is 1.00 e. The van der Waals surface area contributed by atoms with Crippen LogP contribution in [0.2, 0.25) is 0 Å². The van der Waals surface area contributed by atoms with Crippen molar-refractivity contribution in [2.45, 2.75) is 0 Å². The summed E-state index contributed by atoms with van der Waals surface area (Å²) >= 11 is 0. The van der Waals surface area contributed by atoms with E-state index in [1.807, 2.05) is 0 Å². The van der Waals surface area contributed by atoms with Crippen molar-refractivity contribution in [3.63, 3.8) is 0 Å². The van der Waals surface area contributed by atoms with E-state index >= 15 is 0 Å². The monoisotopic (exact) mass is 166 g/mol. The van der Waals surface area contributed by atoms with Crippen LogP contribution < -0.4 is 24.8 Å². The molecular weight excluding hydrogens is 168 g/mol. The molecule has 4 heteroatoms. The Morgan fingerprint density at radius 1 is 0.750 bits per heavy atom. The fourth-order valence-electron chi connectivity index (χ4n) is 0. The van der Waals surface area contributed by atoms with Crippen molar-refractivity contribution in [3.8, 4) is 0 Å². The van der Waals surface area contributed by atoms with Crippen molar-refractivity contribution >= 4 is 37.2 Å². The molecule has 0 aromatic carbocycles. The average Bonchev–Trinajstić information content (AvgIpc) is 0. The van der Waals surface area contributed by atoms with Gasteiger partial charge in [-0.25, -0.2) is 0 Å². The Morgan fingerprint density at radius 2 is 0.750 bits per heavy atom. The van der Waals surface area contributed by atoms with Crippen LogP contribution in [0.1, 0.15) is 0 Å². The van der Waals surface area contributed by atoms with E-state index in [1.165, 1.54) is 0 Å². The van der Waals surface area contributed by atoms with Gasteiger partial charge in [0.1, 0.15) is 0 Å². The molecule has 0 fully saturated rings. The van der Waals surface area contributed by atoms with Gasteiger partial charge in [-0.15, -0.1) is 0 Å². The topological polar surface area (TPSA) is 0 Å². The summed E-state index contributed by atoms with van der Waals surface area (Å²) in [6.07, 6.45) is 0. The number of rotatable bonds is 0. The minimum Gasteiger partial charge on any atom is -1.00 e. The minimum atomic E-state index is 0. The normalized spacial score (nSPS) is 0. The Bertz CT molecular complexity index is 6.00. The Balaban J connectivity index is 0. The van der Waals surface area contributed by atoms with Gasteiger partial charge in [0.15, 0.2) is 0 Å². The van der Waals surface area contributed by atoms with E-state index in [4.69, 9.17) is 0 Å². The average molecular weight is 168 g/mol. The second-order valence-corrected chi connectivity index (χ2v) is 0. The molecule has 0 saturated carbocycles. The fourth-order valence-corrected chi connectivity index (χ4v) is 0. The predicted molar refractivity (Wildman–Crippen MR) is 11.5 cm³/mol. The summed E-state index contributed by atoms with van der Waals surface area (Å²) in [4.78, 5) is 0. The van der Waals surface area contributed by atoms with Crippen LogP contribution in [0.5, 0.6) is 0 Å². The van der Waals surface area contributed by atoms with E-state index in [0.29, 0.717) is 0 Å². The van der Waals surface area contributed by atoms with Gasteiger partial charge in [0.2, 0.25) is 0 Å². The Hall–Kier alpha value is 1.75. The number of halogens is 2. The molecule has 0 aliphatic carbocycles. The van der Waals surface area contributed by atoms with Gasteiger partial charge >= 0.3 is 19.8 Å². The van der Waals surface area contributed by atoms with Crippen LogP contribution in [-0.2, 0) is 0 Å². The second-order valence-electron chi connectivity index (χ2n) is 0. The van der Waals surface area contributed by atoms with Crippen molar-refractivity contribution in [1.29, 1.82) is 0 Å². The van der Waals surface area contributed by atoms with Gasteiger partial charge in [0, 0.05) is 17.4 Å². The first-order chi connectivity index (χ1) is 0. The summed E-state index contributed by atoms with van der Waals surface area (Å²) in [5, 5.41) is 0. The standard InChI is InChI=1S/Al.2ClH.Ga/h;2*1H;/q;;;+2/p-2. The maximum Gasteiger partial charge on any atom is 2.00 e. The molecule has 4 radical (unpaired) electrons. The van der Waals surface area contributed by atoms with Gasteiger partial charge in [-0.1, -0.05) is 0 Å². The zero-order valence-electron chi connectivity index (χ0n) is 1.91. The maximum absolute atomic E-state index is 0. The molecule has 20 valence electrons. The molecule has 4 heavy (non-hydrogen) atoms. The summed E-state index contributed by atoms with van der Waals surface area (Å²) in [6, 6.07) is 0. The third-order valence-corrected chi connectivity index (χ3v) is 0. The molecule has 0 rings (SSSR count). The Kier molecular flexibility index (Phi) is 231. The van der Waals surface area contributed by atoms with Gasteiger partial charge in [0.05, 0.1) is 0 Å². The third-order valence-electron chi connectivity index (χ3n) is 0. The first kappa shape index (κ1) is 42.4. The molecule has 0 nitrogen and oxygen atoms in total. The van der Waals surface area contributed by atoms with Gasteiger partial charge in [-0.2, -0.15) is 0 Å². The first-order valence-corrected chi connectivity index (χ1v) is 0. The van der Waals surface area contributed by atoms with Crippen LogP contribution in [0.4, 0.5) is 0 Å². The predicted octanol–water partition coefficient (Wildman–Crippen LogP) is -6.75. The summed E-state index contributed by atoms with van der Waals surface area (Å²) < 4.78 is 0. The molecule has 0 aliphatic rings. The minimum absolute atomic E-state index is 0. The quantitative estimate of drug-likeness (QED) is 0.315. The molecule has 0 saturated heterocycles. The van der Waals surface area contributed by atoms with Crippen LogP contribution in [0.25, 0.3) is 0 Å². The molecule has 0 aromatic rings. The fraction of sp³-hybridized carbons (Fsp3) is 0. The zero-order valence-corrected chi connectivity index (χ0v) is 7.00. The van der Waals surface area contributed by atoms with Crippen molar-refractivity contribution in [2.24, 2.45) is 0 Å². The largest absolute Gasteiger partial charge is 2.00 e. The molecule has 0 aromatic heterocycles. The van der Waals surface area contributed by atoms with Crippen LogP contribution in [-0.4, -0.2) is 37.2 Å². The first-order valence-electron chi connectivity index (χ1n) is 0. The van der Waals surface area contributed by atoms with Crippen molar-refractivity contribution in [1.82, 2.24) is 0 Å². The Morgan fingerprint density at radius 3 is 0.750 bits per heavy atom. The van der Waals surface area contributed by atoms with Gasteiger partial charge in [0.25, 0.3) is 0 Å². The van der Waals surface area contributed by atoms with Crippen molar-refractivity contribution < 1.29 is 24.8 Å². The van der Waals surface area contributed by atoms with E-state index < -0.39 is 0 Å². The van der Waals surface area contributed by atoms with E-state index in [9.17, 15) is 0 Å². The SMILES string of the molecule is [Al].[Cl-].[Cl-].[Ga+2]. The summed E-state index contributed by atoms with van der Waals surface area (Å²) in [6.45, 7) is 0. The molecule has 0 bridgehead atoms. The molecule has 0 atom stereocenters. The van der Waals surface area contributed by atoms with Crippen LogP contribution in [0, 0.1) is 0 Å². The zero-order chi connectivity index (χ0) is 0. The molecule has 0 amide bonds. The third kappa shape index (κ3) is 9.26. The van der Waals surface area contributed by atoms with Crippen LogP contribution >= 0.6 is 0 Å². The second kappa shape index (κ2) is 21.8. The van der Waals surface area contributed by atoms with Crippen LogP contribution in [0.3, 0.4) is 0 Å². The molecule has 0 spiro atoms. The van der Waals surface area contributed by atoms with E-state index in [2.05, 4.69) is 0 Å².